The quantitative estimate of drug-likeness (QED) is 0.244. The molecule has 2 N–H and O–H groups in total. The summed E-state index contributed by atoms with van der Waals surface area (Å²) in [4.78, 5) is 19.4. The van der Waals surface area contributed by atoms with E-state index in [1.54, 1.807) is 24.4 Å². The molecule has 2 aromatic heterocycles. The van der Waals surface area contributed by atoms with Crippen LogP contribution >= 0.6 is 28.1 Å². The van der Waals surface area contributed by atoms with E-state index in [0.29, 0.717) is 11.7 Å². The molecular formula is C29H27BrFN5OS. The minimum Gasteiger partial charge on any atom is -0.352 e. The van der Waals surface area contributed by atoms with Gasteiger partial charge in [-0.05, 0) is 90.0 Å². The molecule has 2 atom stereocenters. The number of carbonyl (C=O) groups is 1. The molecule has 4 aromatic rings. The van der Waals surface area contributed by atoms with Gasteiger partial charge in [0.15, 0.2) is 5.11 Å². The van der Waals surface area contributed by atoms with Crippen molar-refractivity contribution >= 4 is 44.9 Å². The Hall–Kier alpha value is -3.56. The Labute approximate surface area is 235 Å². The zero-order valence-electron chi connectivity index (χ0n) is 21.0. The minimum absolute atomic E-state index is 0.143. The Balaban J connectivity index is 1.48. The van der Waals surface area contributed by atoms with Crippen molar-refractivity contribution < 1.29 is 9.18 Å². The number of benzene rings is 2. The van der Waals surface area contributed by atoms with Gasteiger partial charge in [-0.15, -0.1) is 0 Å². The second-order valence-electron chi connectivity index (χ2n) is 9.21. The Morgan fingerprint density at radius 1 is 1.11 bits per heavy atom. The van der Waals surface area contributed by atoms with Crippen LogP contribution in [0.5, 0.6) is 0 Å². The number of nitrogens with one attached hydrogen (secondary N) is 2. The highest BCUT2D eigenvalue weighted by molar-refractivity contribution is 9.10. The predicted molar refractivity (Wildman–Crippen MR) is 155 cm³/mol. The van der Waals surface area contributed by atoms with Crippen LogP contribution in [0.4, 0.5) is 10.1 Å². The molecule has 1 amide bonds. The molecule has 2 unspecified atom stereocenters. The fourth-order valence-electron chi connectivity index (χ4n) is 5.07. The van der Waals surface area contributed by atoms with Gasteiger partial charge in [-0.1, -0.05) is 30.3 Å². The molecule has 0 aliphatic carbocycles. The highest BCUT2D eigenvalue weighted by Crippen LogP contribution is 2.42. The first-order chi connectivity index (χ1) is 18.3. The van der Waals surface area contributed by atoms with Crippen LogP contribution < -0.4 is 10.6 Å². The maximum atomic E-state index is 14.1. The summed E-state index contributed by atoms with van der Waals surface area (Å²) in [6, 6.07) is 21.9. The average molecular weight is 593 g/mol. The summed E-state index contributed by atoms with van der Waals surface area (Å²) in [6.45, 7) is 4.54. The van der Waals surface area contributed by atoms with Crippen molar-refractivity contribution in [1.29, 1.82) is 0 Å². The van der Waals surface area contributed by atoms with Crippen LogP contribution in [-0.4, -0.2) is 32.0 Å². The number of rotatable bonds is 7. The van der Waals surface area contributed by atoms with E-state index in [0.717, 1.165) is 32.8 Å². The number of halogens is 2. The van der Waals surface area contributed by atoms with Crippen LogP contribution in [0.2, 0.25) is 0 Å². The van der Waals surface area contributed by atoms with Gasteiger partial charge in [0.05, 0.1) is 29.2 Å². The van der Waals surface area contributed by atoms with E-state index in [2.05, 4.69) is 62.1 Å². The summed E-state index contributed by atoms with van der Waals surface area (Å²) < 4.78 is 17.3. The summed E-state index contributed by atoms with van der Waals surface area (Å²) in [5.41, 5.74) is 5.33. The Kier molecular flexibility index (Phi) is 7.58. The topological polar surface area (TPSA) is 62.2 Å². The maximum absolute atomic E-state index is 14.1. The van der Waals surface area contributed by atoms with E-state index in [4.69, 9.17) is 12.2 Å². The van der Waals surface area contributed by atoms with Crippen molar-refractivity contribution in [2.75, 3.05) is 11.9 Å². The Morgan fingerprint density at radius 2 is 1.84 bits per heavy atom. The fourth-order valence-corrected chi connectivity index (χ4v) is 5.87. The number of thiocarbonyl (C=S) groups is 1. The summed E-state index contributed by atoms with van der Waals surface area (Å²) in [6.07, 6.45) is 1.91. The average Bonchev–Trinajstić information content (AvgIpc) is 3.39. The van der Waals surface area contributed by atoms with Crippen LogP contribution in [0.1, 0.15) is 41.1 Å². The van der Waals surface area contributed by atoms with Crippen LogP contribution in [0.3, 0.4) is 0 Å². The summed E-state index contributed by atoms with van der Waals surface area (Å²) in [5.74, 6) is -0.747. The minimum atomic E-state index is -0.466. The normalized spacial score (nSPS) is 16.9. The van der Waals surface area contributed by atoms with Crippen molar-refractivity contribution in [2.24, 2.45) is 0 Å². The third kappa shape index (κ3) is 5.08. The number of pyridine rings is 1. The summed E-state index contributed by atoms with van der Waals surface area (Å²) >= 11 is 9.47. The molecule has 194 valence electrons. The molecule has 0 spiro atoms. The molecule has 6 nitrogen and oxygen atoms in total. The molecule has 9 heteroatoms. The molecule has 38 heavy (non-hydrogen) atoms. The lowest BCUT2D eigenvalue weighted by molar-refractivity contribution is -0.116. The smallest absolute Gasteiger partial charge is 0.226 e. The van der Waals surface area contributed by atoms with E-state index in [-0.39, 0.29) is 30.1 Å². The van der Waals surface area contributed by atoms with E-state index in [9.17, 15) is 9.18 Å². The highest BCUT2D eigenvalue weighted by atomic mass is 79.9. The summed E-state index contributed by atoms with van der Waals surface area (Å²) in [7, 11) is 0. The predicted octanol–water partition coefficient (Wildman–Crippen LogP) is 6.39. The lowest BCUT2D eigenvalue weighted by Crippen LogP contribution is -2.33. The lowest BCUT2D eigenvalue weighted by atomic mass is 9.96. The number of nitrogens with zero attached hydrogens (tertiary/aromatic N) is 3. The van der Waals surface area contributed by atoms with Crippen LogP contribution in [0, 0.1) is 19.7 Å². The lowest BCUT2D eigenvalue weighted by Gasteiger charge is -2.28. The molecule has 3 heterocycles. The van der Waals surface area contributed by atoms with Crippen LogP contribution in [-0.2, 0) is 4.79 Å². The highest BCUT2D eigenvalue weighted by Gasteiger charge is 2.41. The van der Waals surface area contributed by atoms with Crippen molar-refractivity contribution in [3.63, 3.8) is 0 Å². The first-order valence-corrected chi connectivity index (χ1v) is 13.5. The van der Waals surface area contributed by atoms with E-state index >= 15 is 0 Å². The van der Waals surface area contributed by atoms with Crippen LogP contribution in [0.25, 0.3) is 5.69 Å². The number of aromatic nitrogens is 2. The fraction of sp³-hybridized carbons (Fsp3) is 0.207. The van der Waals surface area contributed by atoms with E-state index in [1.807, 2.05) is 41.3 Å². The van der Waals surface area contributed by atoms with Gasteiger partial charge in [0.2, 0.25) is 5.91 Å². The van der Waals surface area contributed by atoms with Gasteiger partial charge in [-0.25, -0.2) is 4.39 Å². The third-order valence-corrected chi connectivity index (χ3v) is 7.83. The summed E-state index contributed by atoms with van der Waals surface area (Å²) in [5, 5.41) is 6.67. The number of carbonyl (C=O) groups excluding carboxylic acids is 1. The SMILES string of the molecule is Cc1cc(C2C(c3ccccn3)NC(=S)N2CCC(=O)Nc2ccccc2F)c(C)n1-c1ccccc1Br. The number of hydrogen-bond donors (Lipinski definition) is 2. The molecule has 1 aliphatic rings. The van der Waals surface area contributed by atoms with Gasteiger partial charge in [0, 0.05) is 35.0 Å². The molecule has 0 radical (unpaired) electrons. The molecule has 1 saturated heterocycles. The van der Waals surface area contributed by atoms with Gasteiger partial charge in [-0.2, -0.15) is 0 Å². The first-order valence-electron chi connectivity index (χ1n) is 12.3. The van der Waals surface area contributed by atoms with Gasteiger partial charge in [0.25, 0.3) is 0 Å². The van der Waals surface area contributed by atoms with Crippen molar-refractivity contribution in [2.45, 2.75) is 32.4 Å². The van der Waals surface area contributed by atoms with Gasteiger partial charge >= 0.3 is 0 Å². The van der Waals surface area contributed by atoms with Crippen LogP contribution in [0.15, 0.2) is 83.5 Å². The molecule has 1 aliphatic heterocycles. The van der Waals surface area contributed by atoms with E-state index in [1.165, 1.54) is 6.07 Å². The van der Waals surface area contributed by atoms with Crippen molar-refractivity contribution in [3.05, 3.63) is 112 Å². The number of anilines is 1. The second kappa shape index (κ2) is 11.0. The van der Waals surface area contributed by atoms with Crippen molar-refractivity contribution in [1.82, 2.24) is 19.8 Å². The van der Waals surface area contributed by atoms with Crippen molar-refractivity contribution in [3.8, 4) is 5.69 Å². The van der Waals surface area contributed by atoms with E-state index < -0.39 is 5.82 Å². The zero-order chi connectivity index (χ0) is 26.8. The molecule has 2 aromatic carbocycles. The zero-order valence-corrected chi connectivity index (χ0v) is 23.4. The monoisotopic (exact) mass is 591 g/mol. The number of hydrogen-bond acceptors (Lipinski definition) is 3. The van der Waals surface area contributed by atoms with Gasteiger partial charge < -0.3 is 20.1 Å². The van der Waals surface area contributed by atoms with Gasteiger partial charge in [0.1, 0.15) is 5.82 Å². The Morgan fingerprint density at radius 3 is 2.58 bits per heavy atom. The molecular weight excluding hydrogens is 565 g/mol. The first kappa shape index (κ1) is 26.1. The molecule has 0 saturated carbocycles. The number of amides is 1. The second-order valence-corrected chi connectivity index (χ2v) is 10.5. The third-order valence-electron chi connectivity index (χ3n) is 6.81. The Bertz CT molecular complexity index is 1490. The largest absolute Gasteiger partial charge is 0.352 e. The molecule has 0 bridgehead atoms. The standard InChI is InChI=1S/C29H27BrFN5OS/c1-18-17-20(19(2)36(18)25-13-6-3-9-21(25)30)28-27(24-12-7-8-15-32-24)34-29(38)35(28)16-14-26(37)33-23-11-5-4-10-22(23)31/h3-13,15,17,27-28H,14,16H2,1-2H3,(H,33,37)(H,34,38). The number of para-hydroxylation sites is 2. The van der Waals surface area contributed by atoms with Gasteiger partial charge in [-0.3, -0.25) is 9.78 Å². The molecule has 5 rings (SSSR count). The number of aryl methyl sites for hydroxylation is 1. The molecule has 1 fully saturated rings. The maximum Gasteiger partial charge on any atom is 0.226 e.